The first-order valence-electron chi connectivity index (χ1n) is 6.68. The summed E-state index contributed by atoms with van der Waals surface area (Å²) in [5, 5.41) is 11.8. The Balaban J connectivity index is 2.02. The van der Waals surface area contributed by atoms with Crippen molar-refractivity contribution >= 4 is 5.91 Å². The van der Waals surface area contributed by atoms with Crippen molar-refractivity contribution in [1.82, 2.24) is 14.5 Å². The van der Waals surface area contributed by atoms with E-state index < -0.39 is 11.2 Å². The number of nitriles is 1. The summed E-state index contributed by atoms with van der Waals surface area (Å²) in [4.78, 5) is 36.2. The maximum atomic E-state index is 12.2. The summed E-state index contributed by atoms with van der Waals surface area (Å²) in [7, 11) is 0. The van der Waals surface area contributed by atoms with Crippen LogP contribution >= 0.6 is 0 Å². The van der Waals surface area contributed by atoms with Gasteiger partial charge in [-0.2, -0.15) is 5.26 Å². The average Bonchev–Trinajstić information content (AvgIpc) is 3.09. The summed E-state index contributed by atoms with van der Waals surface area (Å²) >= 11 is 0. The van der Waals surface area contributed by atoms with E-state index in [1.54, 1.807) is 0 Å². The van der Waals surface area contributed by atoms with Gasteiger partial charge in [0.05, 0.1) is 0 Å². The smallest absolute Gasteiger partial charge is 0.331 e. The zero-order valence-electron chi connectivity index (χ0n) is 10.9. The molecular weight excluding hydrogens is 260 g/mol. The largest absolute Gasteiger partial charge is 0.352 e. The molecule has 1 aromatic heterocycles. The molecule has 1 amide bonds. The van der Waals surface area contributed by atoms with E-state index in [2.05, 4.69) is 5.32 Å². The maximum Gasteiger partial charge on any atom is 0.331 e. The molecule has 7 nitrogen and oxygen atoms in total. The molecule has 0 radical (unpaired) electrons. The summed E-state index contributed by atoms with van der Waals surface area (Å²) in [5.74, 6) is -0.353. The molecule has 2 aliphatic rings. The van der Waals surface area contributed by atoms with Gasteiger partial charge in [0.25, 0.3) is 5.56 Å². The van der Waals surface area contributed by atoms with Crippen LogP contribution in [0.1, 0.15) is 30.5 Å². The van der Waals surface area contributed by atoms with Crippen LogP contribution < -0.4 is 16.6 Å². The van der Waals surface area contributed by atoms with Gasteiger partial charge in [0.2, 0.25) is 5.91 Å². The SMILES string of the molecule is N#Cc1c2n(c(=O)n(CC(=O)NC3CC3)c1=O)CCC2. The van der Waals surface area contributed by atoms with Gasteiger partial charge in [-0.15, -0.1) is 0 Å². The molecule has 104 valence electrons. The Bertz CT molecular complexity index is 734. The normalized spacial score (nSPS) is 16.6. The van der Waals surface area contributed by atoms with Crippen LogP contribution in [-0.4, -0.2) is 21.1 Å². The minimum absolute atomic E-state index is 0.0127. The molecule has 2 heterocycles. The number of hydrogen-bond donors (Lipinski definition) is 1. The third-order valence-electron chi connectivity index (χ3n) is 3.69. The van der Waals surface area contributed by atoms with Gasteiger partial charge in [-0.05, 0) is 25.7 Å². The Morgan fingerprint density at radius 2 is 2.15 bits per heavy atom. The van der Waals surface area contributed by atoms with E-state index in [0.29, 0.717) is 18.7 Å². The highest BCUT2D eigenvalue weighted by Crippen LogP contribution is 2.18. The Hall–Kier alpha value is -2.36. The third kappa shape index (κ3) is 2.03. The quantitative estimate of drug-likeness (QED) is 0.773. The molecule has 0 aromatic carbocycles. The third-order valence-corrected chi connectivity index (χ3v) is 3.69. The Morgan fingerprint density at radius 1 is 1.40 bits per heavy atom. The minimum atomic E-state index is -0.656. The van der Waals surface area contributed by atoms with Crippen molar-refractivity contribution in [3.8, 4) is 6.07 Å². The van der Waals surface area contributed by atoms with Crippen molar-refractivity contribution in [1.29, 1.82) is 5.26 Å². The predicted octanol–water partition coefficient (Wildman–Crippen LogP) is -0.894. The van der Waals surface area contributed by atoms with Crippen molar-refractivity contribution in [2.24, 2.45) is 0 Å². The number of carbonyl (C=O) groups is 1. The molecule has 1 aliphatic carbocycles. The van der Waals surface area contributed by atoms with Crippen LogP contribution in [0.4, 0.5) is 0 Å². The first-order valence-corrected chi connectivity index (χ1v) is 6.68. The van der Waals surface area contributed by atoms with Crippen molar-refractivity contribution in [3.05, 3.63) is 32.1 Å². The lowest BCUT2D eigenvalue weighted by molar-refractivity contribution is -0.121. The second-order valence-electron chi connectivity index (χ2n) is 5.20. The van der Waals surface area contributed by atoms with Crippen molar-refractivity contribution in [3.63, 3.8) is 0 Å². The van der Waals surface area contributed by atoms with Gasteiger partial charge in [0.1, 0.15) is 18.2 Å². The van der Waals surface area contributed by atoms with Crippen molar-refractivity contribution in [2.45, 2.75) is 44.8 Å². The molecule has 1 saturated carbocycles. The Morgan fingerprint density at radius 3 is 2.80 bits per heavy atom. The number of aromatic nitrogens is 2. The summed E-state index contributed by atoms with van der Waals surface area (Å²) in [5.41, 5.74) is -0.660. The highest BCUT2D eigenvalue weighted by atomic mass is 16.2. The van der Waals surface area contributed by atoms with E-state index in [1.165, 1.54) is 4.57 Å². The fourth-order valence-corrected chi connectivity index (χ4v) is 2.53. The summed E-state index contributed by atoms with van der Waals surface area (Å²) < 4.78 is 2.30. The highest BCUT2D eigenvalue weighted by molar-refractivity contribution is 5.76. The monoisotopic (exact) mass is 274 g/mol. The van der Waals surface area contributed by atoms with Crippen LogP contribution in [0.15, 0.2) is 9.59 Å². The number of carbonyl (C=O) groups excluding carboxylic acids is 1. The molecule has 3 rings (SSSR count). The molecule has 0 saturated heterocycles. The van der Waals surface area contributed by atoms with Crippen LogP contribution in [0.2, 0.25) is 0 Å². The van der Waals surface area contributed by atoms with E-state index >= 15 is 0 Å². The van der Waals surface area contributed by atoms with E-state index in [0.717, 1.165) is 23.8 Å². The number of nitrogens with zero attached hydrogens (tertiary/aromatic N) is 3. The van der Waals surface area contributed by atoms with Crippen LogP contribution in [0.3, 0.4) is 0 Å². The standard InChI is InChI=1S/C13H14N4O3/c14-6-9-10-2-1-5-16(10)13(20)17(12(9)19)7-11(18)15-8-3-4-8/h8H,1-5,7H2,(H,15,18). The average molecular weight is 274 g/mol. The van der Waals surface area contributed by atoms with E-state index in [-0.39, 0.29) is 24.1 Å². The molecule has 0 unspecified atom stereocenters. The van der Waals surface area contributed by atoms with Gasteiger partial charge in [0.15, 0.2) is 0 Å². The second-order valence-corrected chi connectivity index (χ2v) is 5.20. The molecule has 7 heteroatoms. The predicted molar refractivity (Wildman–Crippen MR) is 69.2 cm³/mol. The van der Waals surface area contributed by atoms with Crippen LogP contribution in [0.25, 0.3) is 0 Å². The van der Waals surface area contributed by atoms with Gasteiger partial charge in [-0.1, -0.05) is 0 Å². The summed E-state index contributed by atoms with van der Waals surface area (Å²) in [6.07, 6.45) is 3.17. The van der Waals surface area contributed by atoms with Crippen LogP contribution in [-0.2, 0) is 24.3 Å². The molecule has 1 fully saturated rings. The lowest BCUT2D eigenvalue weighted by atomic mass is 10.2. The number of hydrogen-bond acceptors (Lipinski definition) is 4. The molecule has 1 aliphatic heterocycles. The fraction of sp³-hybridized carbons (Fsp3) is 0.538. The zero-order valence-corrected chi connectivity index (χ0v) is 10.9. The van der Waals surface area contributed by atoms with E-state index in [9.17, 15) is 14.4 Å². The molecule has 0 spiro atoms. The first-order chi connectivity index (χ1) is 9.61. The van der Waals surface area contributed by atoms with E-state index in [4.69, 9.17) is 5.26 Å². The number of nitrogens with one attached hydrogen (secondary N) is 1. The maximum absolute atomic E-state index is 12.2. The van der Waals surface area contributed by atoms with Crippen LogP contribution in [0.5, 0.6) is 0 Å². The fourth-order valence-electron chi connectivity index (χ4n) is 2.53. The van der Waals surface area contributed by atoms with Gasteiger partial charge in [-0.3, -0.25) is 14.2 Å². The molecular formula is C13H14N4O3. The number of fused-ring (bicyclic) bond motifs is 1. The van der Waals surface area contributed by atoms with E-state index in [1.807, 2.05) is 6.07 Å². The molecule has 20 heavy (non-hydrogen) atoms. The Kier molecular flexibility index (Phi) is 2.93. The van der Waals surface area contributed by atoms with Gasteiger partial charge in [0, 0.05) is 18.3 Å². The summed E-state index contributed by atoms with van der Waals surface area (Å²) in [6.45, 7) is 0.177. The summed E-state index contributed by atoms with van der Waals surface area (Å²) in [6, 6.07) is 2.04. The zero-order chi connectivity index (χ0) is 14.3. The Labute approximate surface area is 114 Å². The van der Waals surface area contributed by atoms with Crippen molar-refractivity contribution in [2.75, 3.05) is 0 Å². The number of amides is 1. The first kappa shape index (κ1) is 12.7. The van der Waals surface area contributed by atoms with Gasteiger partial charge >= 0.3 is 5.69 Å². The van der Waals surface area contributed by atoms with Crippen molar-refractivity contribution < 1.29 is 4.79 Å². The van der Waals surface area contributed by atoms with Gasteiger partial charge < -0.3 is 5.32 Å². The topological polar surface area (TPSA) is 96.9 Å². The van der Waals surface area contributed by atoms with Gasteiger partial charge in [-0.25, -0.2) is 9.36 Å². The lowest BCUT2D eigenvalue weighted by Gasteiger charge is -2.10. The highest BCUT2D eigenvalue weighted by Gasteiger charge is 2.26. The minimum Gasteiger partial charge on any atom is -0.352 e. The molecule has 1 aromatic rings. The second kappa shape index (κ2) is 4.63. The van der Waals surface area contributed by atoms with Crippen LogP contribution in [0, 0.1) is 11.3 Å². The molecule has 0 bridgehead atoms. The molecule has 0 atom stereocenters. The number of rotatable bonds is 3. The molecule has 1 N–H and O–H groups in total. The lowest BCUT2D eigenvalue weighted by Crippen LogP contribution is -2.45.